The maximum absolute atomic E-state index is 13.3. The number of ketones is 1. The van der Waals surface area contributed by atoms with Gasteiger partial charge in [0.15, 0.2) is 11.3 Å². The number of pyridine rings is 1. The van der Waals surface area contributed by atoms with Crippen LogP contribution in [-0.4, -0.2) is 79.5 Å². The molecule has 1 saturated heterocycles. The summed E-state index contributed by atoms with van der Waals surface area (Å²) in [5.74, 6) is -0.887. The van der Waals surface area contributed by atoms with E-state index in [0.717, 1.165) is 30.2 Å². The smallest absolute Gasteiger partial charge is 0.347 e. The molecule has 1 unspecified atom stereocenters. The SMILES string of the molecule is CCOC(=O)C1=C(N2CCCCC2COCOCCOC)O/C(=C\c2c[nH]c3ncccc23)C1=O. The number of aromatic nitrogens is 2. The molecule has 4 heterocycles. The maximum Gasteiger partial charge on any atom is 0.347 e. The summed E-state index contributed by atoms with van der Waals surface area (Å²) in [6.45, 7) is 3.93. The third-order valence-electron chi connectivity index (χ3n) is 5.92. The lowest BCUT2D eigenvalue weighted by molar-refractivity contribution is -0.139. The first-order valence-corrected chi connectivity index (χ1v) is 11.8. The number of hydrogen-bond acceptors (Lipinski definition) is 9. The van der Waals surface area contributed by atoms with E-state index in [-0.39, 0.29) is 36.7 Å². The predicted octanol–water partition coefficient (Wildman–Crippen LogP) is 2.77. The number of H-pyrrole nitrogens is 1. The standard InChI is InChI=1S/C25H31N3O7/c1-3-34-25(30)21-22(29)20(13-17-14-27-23-19(17)8-6-9-26-23)35-24(21)28-10-5-4-7-18(28)15-33-16-32-12-11-31-2/h6,8-9,13-14,18H,3-5,7,10-12,15-16H2,1-2H3,(H,26,27)/b20-13-. The fourth-order valence-corrected chi connectivity index (χ4v) is 4.23. The number of allylic oxidation sites excluding steroid dienone is 1. The minimum absolute atomic E-state index is 0.0703. The minimum atomic E-state index is -0.690. The van der Waals surface area contributed by atoms with Crippen LogP contribution in [0.1, 0.15) is 31.7 Å². The van der Waals surface area contributed by atoms with Crippen molar-refractivity contribution in [2.24, 2.45) is 0 Å². The normalized spacial score (nSPS) is 19.6. The molecule has 1 N–H and O–H groups in total. The van der Waals surface area contributed by atoms with Crippen molar-refractivity contribution in [3.63, 3.8) is 0 Å². The van der Waals surface area contributed by atoms with Crippen LogP contribution in [0.5, 0.6) is 0 Å². The molecule has 0 radical (unpaired) electrons. The highest BCUT2D eigenvalue weighted by Gasteiger charge is 2.41. The van der Waals surface area contributed by atoms with Crippen LogP contribution >= 0.6 is 0 Å². The number of fused-ring (bicyclic) bond motifs is 1. The molecule has 1 atom stereocenters. The first-order valence-electron chi connectivity index (χ1n) is 11.8. The molecule has 35 heavy (non-hydrogen) atoms. The van der Waals surface area contributed by atoms with Crippen LogP contribution in [-0.2, 0) is 33.3 Å². The van der Waals surface area contributed by atoms with Crippen molar-refractivity contribution in [3.8, 4) is 0 Å². The Labute approximate surface area is 203 Å². The van der Waals surface area contributed by atoms with E-state index in [1.807, 2.05) is 17.0 Å². The Morgan fingerprint density at radius 3 is 3.03 bits per heavy atom. The summed E-state index contributed by atoms with van der Waals surface area (Å²) in [7, 11) is 1.61. The van der Waals surface area contributed by atoms with Crippen LogP contribution in [0.15, 0.2) is 41.7 Å². The average Bonchev–Trinajstić information content (AvgIpc) is 3.43. The van der Waals surface area contributed by atoms with E-state index in [1.54, 1.807) is 32.5 Å². The van der Waals surface area contributed by atoms with Gasteiger partial charge in [-0.15, -0.1) is 0 Å². The Bertz CT molecular complexity index is 1110. The van der Waals surface area contributed by atoms with Gasteiger partial charge in [0.1, 0.15) is 12.4 Å². The van der Waals surface area contributed by atoms with Crippen molar-refractivity contribution in [1.29, 1.82) is 0 Å². The third kappa shape index (κ3) is 5.72. The number of carbonyl (C=O) groups is 2. The second-order valence-corrected chi connectivity index (χ2v) is 8.22. The van der Waals surface area contributed by atoms with E-state index in [2.05, 4.69) is 9.97 Å². The molecule has 0 spiro atoms. The van der Waals surface area contributed by atoms with E-state index in [9.17, 15) is 9.59 Å². The predicted molar refractivity (Wildman–Crippen MR) is 127 cm³/mol. The Morgan fingerprint density at radius 1 is 1.31 bits per heavy atom. The van der Waals surface area contributed by atoms with Crippen LogP contribution < -0.4 is 0 Å². The van der Waals surface area contributed by atoms with Gasteiger partial charge in [0.25, 0.3) is 0 Å². The largest absolute Gasteiger partial charge is 0.462 e. The van der Waals surface area contributed by atoms with Gasteiger partial charge in [-0.2, -0.15) is 0 Å². The quantitative estimate of drug-likeness (QED) is 0.169. The number of likely N-dealkylation sites (tertiary alicyclic amines) is 1. The van der Waals surface area contributed by atoms with Crippen molar-refractivity contribution < 1.29 is 33.3 Å². The lowest BCUT2D eigenvalue weighted by atomic mass is 10.0. The number of ether oxygens (including phenoxy) is 5. The summed E-state index contributed by atoms with van der Waals surface area (Å²) in [5, 5.41) is 0.847. The number of Topliss-reactive ketones (excluding diaryl/α,β-unsaturated/α-hetero) is 1. The highest BCUT2D eigenvalue weighted by atomic mass is 16.7. The monoisotopic (exact) mass is 485 g/mol. The second-order valence-electron chi connectivity index (χ2n) is 8.22. The van der Waals surface area contributed by atoms with Crippen LogP contribution in [0.3, 0.4) is 0 Å². The van der Waals surface area contributed by atoms with Crippen molar-refractivity contribution in [3.05, 3.63) is 47.3 Å². The first-order chi connectivity index (χ1) is 17.1. The van der Waals surface area contributed by atoms with Crippen LogP contribution in [0.25, 0.3) is 17.1 Å². The van der Waals surface area contributed by atoms with Crippen molar-refractivity contribution in [2.45, 2.75) is 32.2 Å². The van der Waals surface area contributed by atoms with Crippen LogP contribution in [0, 0.1) is 0 Å². The Kier molecular flexibility index (Phi) is 8.51. The molecular formula is C25H31N3O7. The third-order valence-corrected chi connectivity index (χ3v) is 5.92. The average molecular weight is 486 g/mol. The topological polar surface area (TPSA) is 112 Å². The number of nitrogens with one attached hydrogen (secondary N) is 1. The number of carbonyl (C=O) groups excluding carboxylic acids is 2. The highest BCUT2D eigenvalue weighted by molar-refractivity contribution is 6.26. The van der Waals surface area contributed by atoms with Crippen LogP contribution in [0.4, 0.5) is 0 Å². The molecule has 0 aromatic carbocycles. The lowest BCUT2D eigenvalue weighted by Crippen LogP contribution is -2.42. The van der Waals surface area contributed by atoms with E-state index in [4.69, 9.17) is 23.7 Å². The maximum atomic E-state index is 13.3. The summed E-state index contributed by atoms with van der Waals surface area (Å²) in [5.41, 5.74) is 1.36. The van der Waals surface area contributed by atoms with E-state index >= 15 is 0 Å². The zero-order valence-corrected chi connectivity index (χ0v) is 20.1. The Hall–Kier alpha value is -3.21. The summed E-state index contributed by atoms with van der Waals surface area (Å²) in [6.07, 6.45) is 7.83. The van der Waals surface area contributed by atoms with Crippen molar-refractivity contribution in [1.82, 2.24) is 14.9 Å². The van der Waals surface area contributed by atoms with Gasteiger partial charge < -0.3 is 33.6 Å². The summed E-state index contributed by atoms with van der Waals surface area (Å²) in [6, 6.07) is 3.65. The molecular weight excluding hydrogens is 454 g/mol. The van der Waals surface area contributed by atoms with E-state index in [0.29, 0.717) is 32.0 Å². The molecule has 0 saturated carbocycles. The van der Waals surface area contributed by atoms with E-state index < -0.39 is 11.8 Å². The zero-order valence-electron chi connectivity index (χ0n) is 20.1. The number of esters is 1. The molecule has 1 fully saturated rings. The molecule has 2 aromatic rings. The number of methoxy groups -OCH3 is 1. The molecule has 4 rings (SSSR count). The molecule has 0 aliphatic carbocycles. The van der Waals surface area contributed by atoms with Gasteiger partial charge >= 0.3 is 5.97 Å². The molecule has 10 nitrogen and oxygen atoms in total. The molecule has 2 aliphatic rings. The van der Waals surface area contributed by atoms with Gasteiger partial charge in [-0.1, -0.05) is 0 Å². The summed E-state index contributed by atoms with van der Waals surface area (Å²) < 4.78 is 27.4. The first kappa shape index (κ1) is 24.9. The summed E-state index contributed by atoms with van der Waals surface area (Å²) in [4.78, 5) is 35.5. The number of hydrogen-bond donors (Lipinski definition) is 1. The molecule has 0 bridgehead atoms. The molecule has 10 heteroatoms. The zero-order chi connectivity index (χ0) is 24.6. The van der Waals surface area contributed by atoms with Crippen molar-refractivity contribution in [2.75, 3.05) is 46.9 Å². The van der Waals surface area contributed by atoms with E-state index in [1.165, 1.54) is 0 Å². The highest BCUT2D eigenvalue weighted by Crippen LogP contribution is 2.34. The molecule has 188 valence electrons. The number of aromatic amines is 1. The van der Waals surface area contributed by atoms with Gasteiger partial charge in [-0.05, 0) is 44.4 Å². The fourth-order valence-electron chi connectivity index (χ4n) is 4.23. The molecule has 2 aromatic heterocycles. The van der Waals surface area contributed by atoms with Gasteiger partial charge in [0.2, 0.25) is 11.7 Å². The van der Waals surface area contributed by atoms with Crippen LogP contribution in [0.2, 0.25) is 0 Å². The Morgan fingerprint density at radius 2 is 2.20 bits per heavy atom. The number of nitrogens with zero attached hydrogens (tertiary/aromatic N) is 2. The van der Waals surface area contributed by atoms with Crippen molar-refractivity contribution >= 4 is 28.9 Å². The van der Waals surface area contributed by atoms with Gasteiger partial charge in [-0.3, -0.25) is 4.79 Å². The minimum Gasteiger partial charge on any atom is -0.462 e. The van der Waals surface area contributed by atoms with Gasteiger partial charge in [0.05, 0.1) is 32.5 Å². The second kappa shape index (κ2) is 12.0. The van der Waals surface area contributed by atoms with Gasteiger partial charge in [-0.25, -0.2) is 9.78 Å². The molecule has 2 aliphatic heterocycles. The lowest BCUT2D eigenvalue weighted by Gasteiger charge is -2.37. The Balaban J connectivity index is 1.57. The molecule has 0 amide bonds. The van der Waals surface area contributed by atoms with Gasteiger partial charge in [0, 0.05) is 37.0 Å². The fraction of sp³-hybridized carbons (Fsp3) is 0.480. The summed E-state index contributed by atoms with van der Waals surface area (Å²) >= 11 is 0. The number of piperidine rings is 1. The number of rotatable bonds is 11.